The van der Waals surface area contributed by atoms with Gasteiger partial charge in [0.25, 0.3) is 5.56 Å². The molecule has 0 bridgehead atoms. The first-order chi connectivity index (χ1) is 11.8. The van der Waals surface area contributed by atoms with E-state index in [1.807, 2.05) is 27.7 Å². The molecule has 5 nitrogen and oxygen atoms in total. The highest BCUT2D eigenvalue weighted by molar-refractivity contribution is 5.33. The molecule has 5 heteroatoms. The van der Waals surface area contributed by atoms with Gasteiger partial charge in [-0.2, -0.15) is 0 Å². The number of aromatic nitrogens is 2. The van der Waals surface area contributed by atoms with E-state index in [9.17, 15) is 9.59 Å². The number of hydrogen-bond acceptors (Lipinski definition) is 3. The molecule has 0 amide bonds. The Hall–Kier alpha value is -2.40. The minimum Gasteiger partial charge on any atom is -0.356 e. The summed E-state index contributed by atoms with van der Waals surface area (Å²) in [5, 5.41) is 0. The van der Waals surface area contributed by atoms with Crippen LogP contribution in [0.5, 0.6) is 0 Å². The van der Waals surface area contributed by atoms with Gasteiger partial charge in [-0.1, -0.05) is 48.4 Å². The van der Waals surface area contributed by atoms with Crippen LogP contribution in [0.15, 0.2) is 39.9 Å². The first-order valence-electron chi connectivity index (χ1n) is 8.46. The van der Waals surface area contributed by atoms with E-state index in [0.29, 0.717) is 30.7 Å². The summed E-state index contributed by atoms with van der Waals surface area (Å²) in [6.07, 6.45) is 1.07. The van der Waals surface area contributed by atoms with Crippen LogP contribution in [0.2, 0.25) is 0 Å². The minimum absolute atomic E-state index is 0.0929. The molecule has 0 unspecified atom stereocenters. The van der Waals surface area contributed by atoms with E-state index in [0.717, 1.165) is 22.3 Å². The highest BCUT2D eigenvalue weighted by Crippen LogP contribution is 2.15. The lowest BCUT2D eigenvalue weighted by Crippen LogP contribution is -2.36. The lowest BCUT2D eigenvalue weighted by molar-refractivity contribution is 0.0895. The van der Waals surface area contributed by atoms with Crippen molar-refractivity contribution in [2.24, 2.45) is 0 Å². The van der Waals surface area contributed by atoms with Gasteiger partial charge < -0.3 is 4.74 Å². The van der Waals surface area contributed by atoms with Crippen molar-refractivity contribution < 1.29 is 4.74 Å². The molecule has 0 atom stereocenters. The van der Waals surface area contributed by atoms with Gasteiger partial charge in [0.2, 0.25) is 0 Å². The van der Waals surface area contributed by atoms with Crippen molar-refractivity contribution in [1.29, 1.82) is 0 Å². The van der Waals surface area contributed by atoms with Crippen LogP contribution in [-0.2, 0) is 24.3 Å². The van der Waals surface area contributed by atoms with Crippen LogP contribution in [0.1, 0.15) is 41.8 Å². The molecule has 0 saturated heterocycles. The number of hydrogen-bond donors (Lipinski definition) is 1. The Morgan fingerprint density at radius 2 is 1.84 bits per heavy atom. The summed E-state index contributed by atoms with van der Waals surface area (Å²) < 4.78 is 7.08. The van der Waals surface area contributed by atoms with E-state index >= 15 is 0 Å². The zero-order valence-corrected chi connectivity index (χ0v) is 15.4. The molecular formula is C20H26N2O3. The maximum absolute atomic E-state index is 12.3. The van der Waals surface area contributed by atoms with E-state index in [2.05, 4.69) is 29.8 Å². The van der Waals surface area contributed by atoms with Crippen molar-refractivity contribution >= 4 is 0 Å². The average Bonchev–Trinajstić information content (AvgIpc) is 2.49. The fourth-order valence-corrected chi connectivity index (χ4v) is 3.04. The van der Waals surface area contributed by atoms with E-state index in [4.69, 9.17) is 4.74 Å². The number of nitrogens with one attached hydrogen (secondary N) is 1. The second-order valence-electron chi connectivity index (χ2n) is 6.57. The zero-order valence-electron chi connectivity index (χ0n) is 15.4. The molecule has 0 saturated carbocycles. The highest BCUT2D eigenvalue weighted by atomic mass is 16.5. The second-order valence-corrected chi connectivity index (χ2v) is 6.57. The molecule has 0 fully saturated rings. The Balaban J connectivity index is 2.50. The SMILES string of the molecule is C=C(C)COCn1c(Cc2cc(C)cc(C)c2)c(CC)c(=O)[nH]c1=O. The van der Waals surface area contributed by atoms with Gasteiger partial charge in [0.15, 0.2) is 0 Å². The molecule has 2 rings (SSSR count). The third-order valence-corrected chi connectivity index (χ3v) is 3.99. The third kappa shape index (κ3) is 4.79. The first kappa shape index (κ1) is 18.9. The number of rotatable bonds is 7. The van der Waals surface area contributed by atoms with Crippen LogP contribution < -0.4 is 11.2 Å². The van der Waals surface area contributed by atoms with Crippen molar-refractivity contribution in [2.75, 3.05) is 6.61 Å². The summed E-state index contributed by atoms with van der Waals surface area (Å²) in [6.45, 7) is 12.1. The molecule has 1 aromatic carbocycles. The average molecular weight is 342 g/mol. The maximum Gasteiger partial charge on any atom is 0.330 e. The number of aryl methyl sites for hydroxylation is 2. The number of aromatic amines is 1. The monoisotopic (exact) mass is 342 g/mol. The van der Waals surface area contributed by atoms with Gasteiger partial charge in [0, 0.05) is 17.7 Å². The van der Waals surface area contributed by atoms with Gasteiger partial charge in [-0.3, -0.25) is 14.3 Å². The largest absolute Gasteiger partial charge is 0.356 e. The molecule has 0 aliphatic heterocycles. The molecule has 1 aromatic heterocycles. The summed E-state index contributed by atoms with van der Waals surface area (Å²) in [7, 11) is 0. The van der Waals surface area contributed by atoms with E-state index in [-0.39, 0.29) is 12.3 Å². The Bertz CT molecular complexity index is 871. The van der Waals surface area contributed by atoms with E-state index in [1.165, 1.54) is 4.57 Å². The molecule has 1 heterocycles. The van der Waals surface area contributed by atoms with E-state index < -0.39 is 5.69 Å². The third-order valence-electron chi connectivity index (χ3n) is 3.99. The molecule has 0 aliphatic carbocycles. The van der Waals surface area contributed by atoms with E-state index in [1.54, 1.807) is 0 Å². The van der Waals surface area contributed by atoms with Gasteiger partial charge in [-0.05, 0) is 32.8 Å². The second kappa shape index (κ2) is 8.12. The zero-order chi connectivity index (χ0) is 18.6. The van der Waals surface area contributed by atoms with Gasteiger partial charge in [-0.15, -0.1) is 0 Å². The van der Waals surface area contributed by atoms with Crippen LogP contribution in [0, 0.1) is 13.8 Å². The number of benzene rings is 1. The molecule has 0 radical (unpaired) electrons. The summed E-state index contributed by atoms with van der Waals surface area (Å²) in [6, 6.07) is 6.26. The molecule has 25 heavy (non-hydrogen) atoms. The Kier molecular flexibility index (Phi) is 6.15. The summed E-state index contributed by atoms with van der Waals surface area (Å²) in [5.74, 6) is 0. The van der Waals surface area contributed by atoms with Crippen LogP contribution in [0.25, 0.3) is 0 Å². The Morgan fingerprint density at radius 1 is 1.20 bits per heavy atom. The van der Waals surface area contributed by atoms with Crippen LogP contribution >= 0.6 is 0 Å². The molecule has 0 spiro atoms. The van der Waals surface area contributed by atoms with Crippen molar-refractivity contribution in [3.05, 3.63) is 79.1 Å². The normalized spacial score (nSPS) is 10.9. The van der Waals surface area contributed by atoms with Gasteiger partial charge in [0.1, 0.15) is 6.73 Å². The molecule has 1 N–H and O–H groups in total. The topological polar surface area (TPSA) is 64.1 Å². The first-order valence-corrected chi connectivity index (χ1v) is 8.46. The summed E-state index contributed by atoms with van der Waals surface area (Å²) in [4.78, 5) is 27.0. The number of nitrogens with zero attached hydrogens (tertiary/aromatic N) is 1. The minimum atomic E-state index is -0.441. The van der Waals surface area contributed by atoms with Crippen molar-refractivity contribution in [3.63, 3.8) is 0 Å². The standard InChI is InChI=1S/C20H26N2O3/c1-6-17-18(10-16-8-14(4)7-15(5)9-16)22(12-25-11-13(2)3)20(24)21-19(17)23/h7-9H,2,6,10-12H2,1,3-5H3,(H,21,23,24). The van der Waals surface area contributed by atoms with Crippen LogP contribution in [-0.4, -0.2) is 16.2 Å². The fourth-order valence-electron chi connectivity index (χ4n) is 3.04. The molecular weight excluding hydrogens is 316 g/mol. The fraction of sp³-hybridized carbons (Fsp3) is 0.400. The quantitative estimate of drug-likeness (QED) is 0.787. The number of ether oxygens (including phenoxy) is 1. The van der Waals surface area contributed by atoms with Gasteiger partial charge in [-0.25, -0.2) is 4.79 Å². The summed E-state index contributed by atoms with van der Waals surface area (Å²) in [5.41, 5.74) is 4.84. The predicted octanol–water partition coefficient (Wildman–Crippen LogP) is 2.86. The molecule has 2 aromatic rings. The van der Waals surface area contributed by atoms with Crippen LogP contribution in [0.4, 0.5) is 0 Å². The van der Waals surface area contributed by atoms with Crippen molar-refractivity contribution in [3.8, 4) is 0 Å². The van der Waals surface area contributed by atoms with Gasteiger partial charge >= 0.3 is 5.69 Å². The lowest BCUT2D eigenvalue weighted by atomic mass is 10.0. The lowest BCUT2D eigenvalue weighted by Gasteiger charge is -2.16. The summed E-state index contributed by atoms with van der Waals surface area (Å²) >= 11 is 0. The Labute approximate surface area is 148 Å². The van der Waals surface area contributed by atoms with Crippen molar-refractivity contribution in [1.82, 2.24) is 9.55 Å². The molecule has 0 aliphatic rings. The predicted molar refractivity (Wildman–Crippen MR) is 100 cm³/mol. The van der Waals surface area contributed by atoms with Crippen molar-refractivity contribution in [2.45, 2.75) is 47.3 Å². The Morgan fingerprint density at radius 3 is 2.40 bits per heavy atom. The van der Waals surface area contributed by atoms with Gasteiger partial charge in [0.05, 0.1) is 6.61 Å². The highest BCUT2D eigenvalue weighted by Gasteiger charge is 2.14. The smallest absolute Gasteiger partial charge is 0.330 e. The maximum atomic E-state index is 12.3. The van der Waals surface area contributed by atoms with Crippen LogP contribution in [0.3, 0.4) is 0 Å². The molecule has 134 valence electrons. The number of H-pyrrole nitrogens is 1.